The van der Waals surface area contributed by atoms with E-state index in [2.05, 4.69) is 4.98 Å². The second-order valence-electron chi connectivity index (χ2n) is 2.53. The molecule has 0 saturated carbocycles. The van der Waals surface area contributed by atoms with Gasteiger partial charge in [-0.1, -0.05) is 0 Å². The molecule has 0 fully saturated rings. The van der Waals surface area contributed by atoms with E-state index in [0.717, 1.165) is 0 Å². The van der Waals surface area contributed by atoms with Crippen LogP contribution in [0.3, 0.4) is 0 Å². The third kappa shape index (κ3) is 1.88. The molecule has 4 nitrogen and oxygen atoms in total. The average molecular weight is 215 g/mol. The highest BCUT2D eigenvalue weighted by atomic mass is 19.3. The molecular formula is C8H4F3N3O. The Morgan fingerprint density at radius 2 is 2.20 bits per heavy atom. The van der Waals surface area contributed by atoms with Gasteiger partial charge in [0, 0.05) is 6.20 Å². The van der Waals surface area contributed by atoms with Crippen molar-refractivity contribution in [2.45, 2.75) is 6.43 Å². The highest BCUT2D eigenvalue weighted by molar-refractivity contribution is 5.95. The molecule has 0 bridgehead atoms. The van der Waals surface area contributed by atoms with Crippen molar-refractivity contribution in [3.63, 3.8) is 0 Å². The third-order valence-corrected chi connectivity index (χ3v) is 1.63. The summed E-state index contributed by atoms with van der Waals surface area (Å²) in [5.41, 5.74) is 2.18. The van der Waals surface area contributed by atoms with Crippen molar-refractivity contribution < 1.29 is 18.0 Å². The van der Waals surface area contributed by atoms with Crippen LogP contribution >= 0.6 is 0 Å². The highest BCUT2D eigenvalue weighted by Crippen LogP contribution is 2.24. The van der Waals surface area contributed by atoms with Gasteiger partial charge in [-0.3, -0.25) is 4.79 Å². The topological polar surface area (TPSA) is 79.8 Å². The van der Waals surface area contributed by atoms with E-state index in [9.17, 15) is 18.0 Å². The van der Waals surface area contributed by atoms with E-state index >= 15 is 0 Å². The lowest BCUT2D eigenvalue weighted by molar-refractivity contribution is 0.0993. The second-order valence-corrected chi connectivity index (χ2v) is 2.53. The number of pyridine rings is 1. The van der Waals surface area contributed by atoms with Gasteiger partial charge in [0.15, 0.2) is 5.69 Å². The Morgan fingerprint density at radius 1 is 1.60 bits per heavy atom. The van der Waals surface area contributed by atoms with E-state index in [4.69, 9.17) is 11.0 Å². The second kappa shape index (κ2) is 3.96. The summed E-state index contributed by atoms with van der Waals surface area (Å²) in [4.78, 5) is 13.9. The average Bonchev–Trinajstić information content (AvgIpc) is 2.15. The van der Waals surface area contributed by atoms with Gasteiger partial charge in [-0.25, -0.2) is 18.2 Å². The van der Waals surface area contributed by atoms with E-state index in [1.807, 2.05) is 0 Å². The predicted molar refractivity (Wildman–Crippen MR) is 42.4 cm³/mol. The molecule has 78 valence electrons. The number of nitriles is 1. The third-order valence-electron chi connectivity index (χ3n) is 1.63. The number of nitrogens with two attached hydrogens (primary N) is 1. The molecule has 15 heavy (non-hydrogen) atoms. The Hall–Kier alpha value is -2.10. The summed E-state index contributed by atoms with van der Waals surface area (Å²) in [5.74, 6) is -2.80. The lowest BCUT2D eigenvalue weighted by Crippen LogP contribution is -2.17. The molecule has 0 atom stereocenters. The van der Waals surface area contributed by atoms with Crippen LogP contribution in [0.15, 0.2) is 6.20 Å². The Kier molecular flexibility index (Phi) is 2.90. The Labute approximate surface area is 82.1 Å². The summed E-state index contributed by atoms with van der Waals surface area (Å²) in [6, 6.07) is 1.39. The maximum Gasteiger partial charge on any atom is 0.268 e. The van der Waals surface area contributed by atoms with E-state index in [-0.39, 0.29) is 0 Å². The van der Waals surface area contributed by atoms with Gasteiger partial charge in [-0.2, -0.15) is 5.26 Å². The van der Waals surface area contributed by atoms with Crippen LogP contribution in [0.4, 0.5) is 13.2 Å². The number of rotatable bonds is 2. The van der Waals surface area contributed by atoms with Crippen molar-refractivity contribution in [2.24, 2.45) is 5.73 Å². The Balaban J connectivity index is 3.51. The van der Waals surface area contributed by atoms with Gasteiger partial charge in [0.2, 0.25) is 0 Å². The number of nitrogens with zero attached hydrogens (tertiary/aromatic N) is 2. The van der Waals surface area contributed by atoms with Gasteiger partial charge < -0.3 is 5.73 Å². The predicted octanol–water partition coefficient (Wildman–Crippen LogP) is 1.13. The lowest BCUT2D eigenvalue weighted by atomic mass is 10.1. The molecule has 1 aromatic heterocycles. The standard InChI is InChI=1S/C8H4F3N3O/c9-6-3(7(10)11)2-14-4(1-12)5(6)8(13)15/h2,7H,(H2,13,15). The molecule has 0 unspecified atom stereocenters. The molecule has 0 saturated heterocycles. The van der Waals surface area contributed by atoms with Crippen LogP contribution in [0.1, 0.15) is 28.0 Å². The number of halogens is 3. The van der Waals surface area contributed by atoms with Crippen molar-refractivity contribution in [3.05, 3.63) is 28.8 Å². The summed E-state index contributed by atoms with van der Waals surface area (Å²) in [7, 11) is 0. The summed E-state index contributed by atoms with van der Waals surface area (Å²) in [6.07, 6.45) is -2.62. The number of hydrogen-bond acceptors (Lipinski definition) is 3. The van der Waals surface area contributed by atoms with Crippen LogP contribution in [-0.2, 0) is 0 Å². The smallest absolute Gasteiger partial charge is 0.268 e. The summed E-state index contributed by atoms with van der Waals surface area (Å²) >= 11 is 0. The Bertz CT molecular complexity index is 453. The van der Waals surface area contributed by atoms with Crippen molar-refractivity contribution in [1.82, 2.24) is 4.98 Å². The lowest BCUT2D eigenvalue weighted by Gasteiger charge is -2.05. The van der Waals surface area contributed by atoms with Crippen LogP contribution in [0.2, 0.25) is 0 Å². The molecule has 1 heterocycles. The summed E-state index contributed by atoms with van der Waals surface area (Å²) in [6.45, 7) is 0. The van der Waals surface area contributed by atoms with Crippen molar-refractivity contribution in [3.8, 4) is 6.07 Å². The number of carbonyl (C=O) groups excluding carboxylic acids is 1. The molecule has 0 spiro atoms. The number of primary amides is 1. The molecule has 1 aromatic rings. The van der Waals surface area contributed by atoms with Crippen LogP contribution in [0, 0.1) is 17.1 Å². The van der Waals surface area contributed by atoms with Crippen LogP contribution in [0.5, 0.6) is 0 Å². The van der Waals surface area contributed by atoms with Crippen molar-refractivity contribution in [1.29, 1.82) is 5.26 Å². The van der Waals surface area contributed by atoms with E-state index < -0.39 is 35.0 Å². The molecule has 0 aliphatic heterocycles. The van der Waals surface area contributed by atoms with Crippen molar-refractivity contribution in [2.75, 3.05) is 0 Å². The van der Waals surface area contributed by atoms with Gasteiger partial charge in [-0.15, -0.1) is 0 Å². The Morgan fingerprint density at radius 3 is 2.60 bits per heavy atom. The first-order valence-electron chi connectivity index (χ1n) is 3.65. The molecule has 0 aromatic carbocycles. The monoisotopic (exact) mass is 215 g/mol. The van der Waals surface area contributed by atoms with Crippen LogP contribution < -0.4 is 5.73 Å². The minimum absolute atomic E-state index is 0.505. The van der Waals surface area contributed by atoms with Crippen LogP contribution in [0.25, 0.3) is 0 Å². The van der Waals surface area contributed by atoms with Gasteiger partial charge in [0.1, 0.15) is 17.4 Å². The van der Waals surface area contributed by atoms with Crippen LogP contribution in [-0.4, -0.2) is 10.9 Å². The largest absolute Gasteiger partial charge is 0.365 e. The summed E-state index contributed by atoms with van der Waals surface area (Å²) < 4.78 is 37.6. The number of alkyl halides is 2. The number of carbonyl (C=O) groups is 1. The SMILES string of the molecule is N#Cc1ncc(C(F)F)c(F)c1C(N)=O. The minimum Gasteiger partial charge on any atom is -0.365 e. The fraction of sp³-hybridized carbons (Fsp3) is 0.125. The van der Waals surface area contributed by atoms with E-state index in [1.165, 1.54) is 6.07 Å². The maximum atomic E-state index is 13.2. The number of hydrogen-bond donors (Lipinski definition) is 1. The summed E-state index contributed by atoms with van der Waals surface area (Å²) in [5, 5.41) is 8.45. The quantitative estimate of drug-likeness (QED) is 0.802. The van der Waals surface area contributed by atoms with Gasteiger partial charge in [0.05, 0.1) is 5.56 Å². The molecule has 0 radical (unpaired) electrons. The molecule has 2 N–H and O–H groups in total. The molecule has 0 aliphatic rings. The van der Waals surface area contributed by atoms with Gasteiger partial charge in [-0.05, 0) is 0 Å². The van der Waals surface area contributed by atoms with Gasteiger partial charge in [0.25, 0.3) is 12.3 Å². The molecular weight excluding hydrogens is 211 g/mol. The number of amides is 1. The molecule has 1 rings (SSSR count). The maximum absolute atomic E-state index is 13.2. The van der Waals surface area contributed by atoms with E-state index in [1.54, 1.807) is 0 Å². The van der Waals surface area contributed by atoms with E-state index in [0.29, 0.717) is 6.20 Å². The molecule has 7 heteroatoms. The fourth-order valence-electron chi connectivity index (χ4n) is 0.965. The minimum atomic E-state index is -3.12. The number of aromatic nitrogens is 1. The first-order valence-corrected chi connectivity index (χ1v) is 3.65. The zero-order valence-corrected chi connectivity index (χ0v) is 7.17. The first-order chi connectivity index (χ1) is 6.99. The van der Waals surface area contributed by atoms with Crippen molar-refractivity contribution >= 4 is 5.91 Å². The fourth-order valence-corrected chi connectivity index (χ4v) is 0.965. The van der Waals surface area contributed by atoms with Gasteiger partial charge >= 0.3 is 0 Å². The normalized spacial score (nSPS) is 10.1. The highest BCUT2D eigenvalue weighted by Gasteiger charge is 2.23. The molecule has 1 amide bonds. The zero-order valence-electron chi connectivity index (χ0n) is 7.17. The zero-order chi connectivity index (χ0) is 11.6. The first kappa shape index (κ1) is 11.0. The molecule has 0 aliphatic carbocycles.